The smallest absolute Gasteiger partial charge is 0.275 e. The molecule has 32 heavy (non-hydrogen) atoms. The number of likely N-dealkylation sites (tertiary alicyclic amines) is 1. The third-order valence-electron chi connectivity index (χ3n) is 6.01. The van der Waals surface area contributed by atoms with E-state index in [1.54, 1.807) is 17.0 Å². The van der Waals surface area contributed by atoms with E-state index in [1.165, 1.54) is 24.5 Å². The maximum Gasteiger partial charge on any atom is 0.275 e. The van der Waals surface area contributed by atoms with Crippen molar-refractivity contribution in [2.45, 2.75) is 25.2 Å². The topological polar surface area (TPSA) is 84.4 Å². The van der Waals surface area contributed by atoms with E-state index in [4.69, 9.17) is 4.74 Å². The first-order valence-electron chi connectivity index (χ1n) is 10.4. The largest absolute Gasteiger partial charge is 0.364 e. The van der Waals surface area contributed by atoms with Gasteiger partial charge in [0.05, 0.1) is 13.2 Å². The van der Waals surface area contributed by atoms with Crippen molar-refractivity contribution >= 4 is 11.8 Å². The lowest BCUT2D eigenvalue weighted by molar-refractivity contribution is -0.0283. The maximum atomic E-state index is 13.3. The number of amides is 2. The molecule has 0 saturated carbocycles. The van der Waals surface area contributed by atoms with Crippen molar-refractivity contribution in [2.75, 3.05) is 13.1 Å². The molecule has 2 amide bonds. The number of hydrogen-bond donors (Lipinski definition) is 1. The molecule has 7 nitrogen and oxygen atoms in total. The first-order chi connectivity index (χ1) is 15.6. The Morgan fingerprint density at radius 2 is 1.81 bits per heavy atom. The van der Waals surface area contributed by atoms with Gasteiger partial charge in [-0.2, -0.15) is 0 Å². The Bertz CT molecular complexity index is 1180. The average Bonchev–Trinajstić information content (AvgIpc) is 3.43. The Morgan fingerprint density at radius 1 is 1.06 bits per heavy atom. The van der Waals surface area contributed by atoms with E-state index in [1.807, 2.05) is 24.3 Å². The second kappa shape index (κ2) is 8.12. The lowest BCUT2D eigenvalue weighted by Gasteiger charge is -2.24. The molecule has 1 atom stereocenters. The van der Waals surface area contributed by atoms with Crippen molar-refractivity contribution in [1.82, 2.24) is 20.2 Å². The molecule has 1 saturated heterocycles. The van der Waals surface area contributed by atoms with Gasteiger partial charge in [-0.25, -0.2) is 14.4 Å². The predicted octanol–water partition coefficient (Wildman–Crippen LogP) is 2.82. The van der Waals surface area contributed by atoms with E-state index in [9.17, 15) is 14.0 Å². The van der Waals surface area contributed by atoms with Crippen LogP contribution in [-0.2, 0) is 23.5 Å². The van der Waals surface area contributed by atoms with Gasteiger partial charge in [-0.1, -0.05) is 36.4 Å². The van der Waals surface area contributed by atoms with E-state index in [0.717, 1.165) is 16.7 Å². The number of nitrogens with one attached hydrogen (secondary N) is 1. The average molecular weight is 432 g/mol. The molecule has 3 aromatic rings. The number of hydrogen-bond acceptors (Lipinski definition) is 5. The Labute approximate surface area is 184 Å². The van der Waals surface area contributed by atoms with Crippen LogP contribution in [-0.4, -0.2) is 39.8 Å². The number of nitrogens with zero attached hydrogens (tertiary/aromatic N) is 3. The highest BCUT2D eigenvalue weighted by molar-refractivity contribution is 6.04. The summed E-state index contributed by atoms with van der Waals surface area (Å²) in [5, 5.41) is 2.72. The summed E-state index contributed by atoms with van der Waals surface area (Å²) in [6.45, 7) is 1.61. The minimum absolute atomic E-state index is 0.00689. The van der Waals surface area contributed by atoms with Gasteiger partial charge in [0.1, 0.15) is 11.4 Å². The summed E-state index contributed by atoms with van der Waals surface area (Å²) in [7, 11) is 0. The molecular weight excluding hydrogens is 411 g/mol. The Morgan fingerprint density at radius 3 is 2.62 bits per heavy atom. The number of fused-ring (bicyclic) bond motifs is 2. The molecule has 162 valence electrons. The van der Waals surface area contributed by atoms with Gasteiger partial charge < -0.3 is 15.0 Å². The minimum Gasteiger partial charge on any atom is -0.364 e. The van der Waals surface area contributed by atoms with E-state index in [2.05, 4.69) is 15.3 Å². The third-order valence-corrected chi connectivity index (χ3v) is 6.01. The summed E-state index contributed by atoms with van der Waals surface area (Å²) in [6, 6.07) is 13.9. The van der Waals surface area contributed by atoms with Crippen LogP contribution in [0.3, 0.4) is 0 Å². The molecule has 0 aliphatic carbocycles. The number of ether oxygens (including phenoxy) is 1. The summed E-state index contributed by atoms with van der Waals surface area (Å²) in [4.78, 5) is 36.0. The highest BCUT2D eigenvalue weighted by atomic mass is 19.1. The zero-order chi connectivity index (χ0) is 22.1. The van der Waals surface area contributed by atoms with Crippen molar-refractivity contribution in [3.63, 3.8) is 0 Å². The fourth-order valence-corrected chi connectivity index (χ4v) is 4.36. The van der Waals surface area contributed by atoms with Gasteiger partial charge in [0.2, 0.25) is 0 Å². The Balaban J connectivity index is 1.32. The standard InChI is InChI=1S/C24H21FN4O3/c25-18-7-5-16(6-8-18)13-28-22(30)20-21(27-11-10-26-20)23(31)29-12-9-24(15-29)19-4-2-1-3-17(19)14-32-24/h1-8,10-11H,9,12-15H2,(H,28,30). The van der Waals surface area contributed by atoms with Gasteiger partial charge in [0, 0.05) is 25.5 Å². The second-order valence-electron chi connectivity index (χ2n) is 7.98. The summed E-state index contributed by atoms with van der Waals surface area (Å²) in [5.41, 5.74) is 2.45. The molecule has 1 fully saturated rings. The highest BCUT2D eigenvalue weighted by Gasteiger charge is 2.47. The molecular formula is C24H21FN4O3. The van der Waals surface area contributed by atoms with Crippen molar-refractivity contribution in [2.24, 2.45) is 0 Å². The van der Waals surface area contributed by atoms with Gasteiger partial charge in [0.15, 0.2) is 11.4 Å². The SMILES string of the molecule is O=C(NCc1ccc(F)cc1)c1nccnc1C(=O)N1CCC2(C1)OCc1ccccc12. The number of aromatic nitrogens is 2. The van der Waals surface area contributed by atoms with Crippen molar-refractivity contribution in [3.05, 3.63) is 94.8 Å². The van der Waals surface area contributed by atoms with E-state index in [-0.39, 0.29) is 29.7 Å². The Kier molecular flexibility index (Phi) is 5.14. The predicted molar refractivity (Wildman–Crippen MR) is 113 cm³/mol. The fraction of sp³-hybridized carbons (Fsp3) is 0.250. The zero-order valence-corrected chi connectivity index (χ0v) is 17.3. The number of rotatable bonds is 4. The number of halogens is 1. The molecule has 1 unspecified atom stereocenters. The van der Waals surface area contributed by atoms with Crippen LogP contribution in [0.1, 0.15) is 44.1 Å². The first kappa shape index (κ1) is 20.3. The van der Waals surface area contributed by atoms with Crippen LogP contribution in [0.5, 0.6) is 0 Å². The van der Waals surface area contributed by atoms with Crippen molar-refractivity contribution in [3.8, 4) is 0 Å². The molecule has 5 rings (SSSR count). The number of carbonyl (C=O) groups is 2. The molecule has 3 heterocycles. The third kappa shape index (κ3) is 3.62. The van der Waals surface area contributed by atoms with Gasteiger partial charge in [-0.3, -0.25) is 9.59 Å². The first-order valence-corrected chi connectivity index (χ1v) is 10.4. The van der Waals surface area contributed by atoms with E-state index in [0.29, 0.717) is 26.1 Å². The number of benzene rings is 2. The monoisotopic (exact) mass is 432 g/mol. The molecule has 2 aliphatic heterocycles. The van der Waals surface area contributed by atoms with Gasteiger partial charge in [0.25, 0.3) is 11.8 Å². The van der Waals surface area contributed by atoms with Gasteiger partial charge >= 0.3 is 0 Å². The minimum atomic E-state index is -0.514. The van der Waals surface area contributed by atoms with Crippen LogP contribution in [0.4, 0.5) is 4.39 Å². The molecule has 1 spiro atoms. The molecule has 1 aromatic heterocycles. The zero-order valence-electron chi connectivity index (χ0n) is 17.3. The summed E-state index contributed by atoms with van der Waals surface area (Å²) < 4.78 is 19.2. The normalized spacial score (nSPS) is 19.2. The van der Waals surface area contributed by atoms with Gasteiger partial charge in [-0.05, 0) is 35.2 Å². The van der Waals surface area contributed by atoms with Gasteiger partial charge in [-0.15, -0.1) is 0 Å². The lowest BCUT2D eigenvalue weighted by atomic mass is 9.92. The molecule has 2 aromatic carbocycles. The molecule has 0 bridgehead atoms. The maximum absolute atomic E-state index is 13.3. The lowest BCUT2D eigenvalue weighted by Crippen LogP contribution is -2.36. The molecule has 8 heteroatoms. The summed E-state index contributed by atoms with van der Waals surface area (Å²) in [5.74, 6) is -1.21. The number of carbonyl (C=O) groups excluding carboxylic acids is 2. The quantitative estimate of drug-likeness (QED) is 0.685. The molecule has 2 aliphatic rings. The van der Waals surface area contributed by atoms with Crippen LogP contribution >= 0.6 is 0 Å². The fourth-order valence-electron chi connectivity index (χ4n) is 4.36. The Hall–Kier alpha value is -3.65. The van der Waals surface area contributed by atoms with Crippen LogP contribution in [0.2, 0.25) is 0 Å². The van der Waals surface area contributed by atoms with Crippen LogP contribution < -0.4 is 5.32 Å². The van der Waals surface area contributed by atoms with Crippen molar-refractivity contribution < 1.29 is 18.7 Å². The van der Waals surface area contributed by atoms with E-state index < -0.39 is 11.5 Å². The van der Waals surface area contributed by atoms with Crippen LogP contribution in [0.15, 0.2) is 60.9 Å². The van der Waals surface area contributed by atoms with E-state index >= 15 is 0 Å². The molecule has 0 radical (unpaired) electrons. The van der Waals surface area contributed by atoms with Crippen LogP contribution in [0.25, 0.3) is 0 Å². The summed E-state index contributed by atoms with van der Waals surface area (Å²) in [6.07, 6.45) is 3.46. The highest BCUT2D eigenvalue weighted by Crippen LogP contribution is 2.43. The molecule has 1 N–H and O–H groups in total. The van der Waals surface area contributed by atoms with Crippen LogP contribution in [0, 0.1) is 5.82 Å². The second-order valence-corrected chi connectivity index (χ2v) is 7.98. The summed E-state index contributed by atoms with van der Waals surface area (Å²) >= 11 is 0. The van der Waals surface area contributed by atoms with Crippen molar-refractivity contribution in [1.29, 1.82) is 0 Å².